The monoisotopic (exact) mass is 507 g/mol. The fraction of sp³-hybridized carbons (Fsp3) is 0.345. The van der Waals surface area contributed by atoms with Gasteiger partial charge >= 0.3 is 6.03 Å². The summed E-state index contributed by atoms with van der Waals surface area (Å²) in [6.45, 7) is 0.900. The smallest absolute Gasteiger partial charge is 0.319 e. The second-order valence-corrected chi connectivity index (χ2v) is 9.72. The molecule has 3 atom stereocenters. The van der Waals surface area contributed by atoms with Gasteiger partial charge in [-0.3, -0.25) is 0 Å². The van der Waals surface area contributed by atoms with E-state index in [1.54, 1.807) is 14.2 Å². The molecule has 2 fully saturated rings. The molecule has 0 spiro atoms. The molecule has 5 rings (SSSR count). The Morgan fingerprint density at radius 3 is 2.46 bits per heavy atom. The van der Waals surface area contributed by atoms with Crippen molar-refractivity contribution in [3.63, 3.8) is 0 Å². The number of carbonyl (C=O) groups excluding carboxylic acids is 1. The van der Waals surface area contributed by atoms with Gasteiger partial charge in [-0.2, -0.15) is 0 Å². The number of nitrogens with one attached hydrogen (secondary N) is 2. The highest BCUT2D eigenvalue weighted by atomic mass is 19.2. The number of hydrogen-bond acceptors (Lipinski definition) is 4. The summed E-state index contributed by atoms with van der Waals surface area (Å²) in [5.74, 6) is -0.551. The minimum atomic E-state index is -1.00. The van der Waals surface area contributed by atoms with Crippen LogP contribution >= 0.6 is 0 Å². The predicted molar refractivity (Wildman–Crippen MR) is 140 cm³/mol. The number of rotatable bonds is 6. The molecule has 6 nitrogen and oxygen atoms in total. The van der Waals surface area contributed by atoms with Crippen LogP contribution < -0.4 is 25.0 Å². The first-order valence-electron chi connectivity index (χ1n) is 12.5. The Morgan fingerprint density at radius 1 is 0.946 bits per heavy atom. The number of carbonyl (C=O) groups is 1. The van der Waals surface area contributed by atoms with E-state index < -0.39 is 17.7 Å². The van der Waals surface area contributed by atoms with Crippen molar-refractivity contribution in [2.75, 3.05) is 31.0 Å². The van der Waals surface area contributed by atoms with Crippen LogP contribution in [0.25, 0.3) is 0 Å². The van der Waals surface area contributed by atoms with Crippen molar-refractivity contribution in [1.82, 2.24) is 5.32 Å². The molecule has 2 amide bonds. The Hall–Kier alpha value is -3.81. The summed E-state index contributed by atoms with van der Waals surface area (Å²) < 4.78 is 37.9. The molecule has 3 aromatic rings. The van der Waals surface area contributed by atoms with Crippen molar-refractivity contribution >= 4 is 17.4 Å². The molecule has 1 saturated heterocycles. The lowest BCUT2D eigenvalue weighted by molar-refractivity contribution is 0.220. The summed E-state index contributed by atoms with van der Waals surface area (Å²) in [5.41, 5.74) is 2.46. The molecule has 0 radical (unpaired) electrons. The quantitative estimate of drug-likeness (QED) is 0.438. The maximum absolute atomic E-state index is 13.6. The zero-order chi connectivity index (χ0) is 26.0. The van der Waals surface area contributed by atoms with Crippen LogP contribution in [0.4, 0.5) is 25.0 Å². The van der Waals surface area contributed by atoms with E-state index in [0.29, 0.717) is 11.5 Å². The SMILES string of the molecule is COc1ccc(C23CCC(NC(=O)Nc4ccc(F)c(F)c4)CC2N(c2ccccc2)CC3)cc1OC. The van der Waals surface area contributed by atoms with E-state index in [1.165, 1.54) is 11.6 Å². The largest absolute Gasteiger partial charge is 0.493 e. The van der Waals surface area contributed by atoms with Gasteiger partial charge in [0.1, 0.15) is 0 Å². The third-order valence-electron chi connectivity index (χ3n) is 7.82. The van der Waals surface area contributed by atoms with E-state index in [0.717, 1.165) is 50.0 Å². The average molecular weight is 508 g/mol. The van der Waals surface area contributed by atoms with E-state index in [2.05, 4.69) is 39.8 Å². The second-order valence-electron chi connectivity index (χ2n) is 9.72. The summed E-state index contributed by atoms with van der Waals surface area (Å²) in [7, 11) is 3.28. The first kappa shape index (κ1) is 24.9. The number of amides is 2. The van der Waals surface area contributed by atoms with Gasteiger partial charge in [0.2, 0.25) is 0 Å². The van der Waals surface area contributed by atoms with Crippen LogP contribution in [-0.2, 0) is 5.41 Å². The highest BCUT2D eigenvalue weighted by Crippen LogP contribution is 2.51. The number of anilines is 2. The molecule has 2 aliphatic rings. The number of nitrogens with zero attached hydrogens (tertiary/aromatic N) is 1. The van der Waals surface area contributed by atoms with Crippen LogP contribution in [0.3, 0.4) is 0 Å². The Labute approximate surface area is 215 Å². The summed E-state index contributed by atoms with van der Waals surface area (Å²) >= 11 is 0. The van der Waals surface area contributed by atoms with E-state index in [9.17, 15) is 13.6 Å². The first-order chi connectivity index (χ1) is 17.9. The summed E-state index contributed by atoms with van der Waals surface area (Å²) in [6, 6.07) is 19.5. The van der Waals surface area contributed by atoms with Crippen molar-refractivity contribution in [3.8, 4) is 11.5 Å². The second kappa shape index (κ2) is 10.3. The Bertz CT molecular complexity index is 1270. The van der Waals surface area contributed by atoms with Gasteiger partial charge in [-0.1, -0.05) is 24.3 Å². The van der Waals surface area contributed by atoms with Crippen molar-refractivity contribution in [2.24, 2.45) is 0 Å². The minimum absolute atomic E-state index is 0.0760. The predicted octanol–water partition coefficient (Wildman–Crippen LogP) is 5.87. The zero-order valence-electron chi connectivity index (χ0n) is 21.0. The Morgan fingerprint density at radius 2 is 1.73 bits per heavy atom. The van der Waals surface area contributed by atoms with E-state index >= 15 is 0 Å². The van der Waals surface area contributed by atoms with Gasteiger partial charge in [0, 0.05) is 41.5 Å². The molecule has 1 aliphatic carbocycles. The summed E-state index contributed by atoms with van der Waals surface area (Å²) in [5, 5.41) is 5.69. The third kappa shape index (κ3) is 4.80. The Balaban J connectivity index is 1.40. The van der Waals surface area contributed by atoms with Crippen LogP contribution in [0.1, 0.15) is 31.2 Å². The van der Waals surface area contributed by atoms with Crippen molar-refractivity contribution in [3.05, 3.63) is 83.9 Å². The number of para-hydroxylation sites is 1. The number of methoxy groups -OCH3 is 2. The molecule has 3 unspecified atom stereocenters. The van der Waals surface area contributed by atoms with E-state index in [1.807, 2.05) is 24.3 Å². The molecular formula is C29H31F2N3O3. The number of ether oxygens (including phenoxy) is 2. The molecule has 194 valence electrons. The van der Waals surface area contributed by atoms with Gasteiger partial charge in [-0.05, 0) is 67.6 Å². The highest BCUT2D eigenvalue weighted by Gasteiger charge is 2.52. The molecule has 37 heavy (non-hydrogen) atoms. The molecule has 3 aromatic carbocycles. The van der Waals surface area contributed by atoms with Crippen molar-refractivity contribution in [1.29, 1.82) is 0 Å². The molecule has 2 N–H and O–H groups in total. The first-order valence-corrected chi connectivity index (χ1v) is 12.5. The maximum Gasteiger partial charge on any atom is 0.319 e. The van der Waals surface area contributed by atoms with E-state index in [-0.39, 0.29) is 23.2 Å². The summed E-state index contributed by atoms with van der Waals surface area (Å²) in [4.78, 5) is 15.2. The van der Waals surface area contributed by atoms with Gasteiger partial charge in [0.15, 0.2) is 23.1 Å². The fourth-order valence-electron chi connectivity index (χ4n) is 6.02. The average Bonchev–Trinajstić information content (AvgIpc) is 3.30. The molecular weight excluding hydrogens is 476 g/mol. The van der Waals surface area contributed by atoms with Crippen molar-refractivity contribution in [2.45, 2.75) is 43.2 Å². The lowest BCUT2D eigenvalue weighted by Gasteiger charge is -2.46. The number of halogens is 2. The number of benzene rings is 3. The minimum Gasteiger partial charge on any atom is -0.493 e. The molecule has 0 bridgehead atoms. The molecule has 8 heteroatoms. The lowest BCUT2D eigenvalue weighted by atomic mass is 9.65. The topological polar surface area (TPSA) is 62.8 Å². The lowest BCUT2D eigenvalue weighted by Crippen LogP contribution is -2.53. The van der Waals surface area contributed by atoms with Crippen LogP contribution in [-0.4, -0.2) is 38.9 Å². The van der Waals surface area contributed by atoms with Gasteiger partial charge in [-0.15, -0.1) is 0 Å². The molecule has 1 saturated carbocycles. The fourth-order valence-corrected chi connectivity index (χ4v) is 6.02. The van der Waals surface area contributed by atoms with Crippen LogP contribution in [0.2, 0.25) is 0 Å². The van der Waals surface area contributed by atoms with Crippen molar-refractivity contribution < 1.29 is 23.0 Å². The zero-order valence-corrected chi connectivity index (χ0v) is 21.0. The number of urea groups is 1. The normalized spacial score (nSPS) is 22.8. The van der Waals surface area contributed by atoms with Gasteiger partial charge in [0.05, 0.1) is 14.2 Å². The highest BCUT2D eigenvalue weighted by molar-refractivity contribution is 5.89. The number of hydrogen-bond donors (Lipinski definition) is 2. The van der Waals surface area contributed by atoms with E-state index in [4.69, 9.17) is 9.47 Å². The van der Waals surface area contributed by atoms with Crippen LogP contribution in [0, 0.1) is 11.6 Å². The van der Waals surface area contributed by atoms with Crippen LogP contribution in [0.5, 0.6) is 11.5 Å². The van der Waals surface area contributed by atoms with Gasteiger partial charge < -0.3 is 25.0 Å². The van der Waals surface area contributed by atoms with Gasteiger partial charge in [-0.25, -0.2) is 13.6 Å². The third-order valence-corrected chi connectivity index (χ3v) is 7.82. The van der Waals surface area contributed by atoms with Crippen LogP contribution in [0.15, 0.2) is 66.7 Å². The molecule has 0 aromatic heterocycles. The molecule has 1 heterocycles. The summed E-state index contributed by atoms with van der Waals surface area (Å²) in [6.07, 6.45) is 3.40. The standard InChI is InChI=1S/C29H31F2N3O3/c1-36-25-11-8-19(16-26(25)37-2)29-13-12-21(33-28(35)32-20-9-10-23(30)24(31)17-20)18-27(29)34(15-14-29)22-6-4-3-5-7-22/h3-11,16-17,21,27H,12-15,18H2,1-2H3,(H2,32,33,35). The number of fused-ring (bicyclic) bond motifs is 1. The molecule has 1 aliphatic heterocycles. The maximum atomic E-state index is 13.6. The van der Waals surface area contributed by atoms with Gasteiger partial charge in [0.25, 0.3) is 0 Å². The Kier molecular flexibility index (Phi) is 6.91.